The van der Waals surface area contributed by atoms with Crippen molar-refractivity contribution >= 4 is 32.5 Å². The second-order valence-corrected chi connectivity index (χ2v) is 8.96. The Morgan fingerprint density at radius 1 is 1.23 bits per heavy atom. The Balaban J connectivity index is 0.00000256. The van der Waals surface area contributed by atoms with Crippen molar-refractivity contribution in [2.45, 2.75) is 20.5 Å². The molecule has 2 aromatic carbocycles. The van der Waals surface area contributed by atoms with Crippen molar-refractivity contribution in [1.82, 2.24) is 9.88 Å². The number of sulfonamides is 1. The minimum absolute atomic E-state index is 0. The number of hydrogen-bond donors (Lipinski definition) is 0. The molecule has 4 rings (SSSR count). The number of benzene rings is 2. The van der Waals surface area contributed by atoms with E-state index < -0.39 is 21.7 Å². The Bertz CT molecular complexity index is 1240. The third-order valence-corrected chi connectivity index (χ3v) is 6.22. The van der Waals surface area contributed by atoms with Crippen LogP contribution in [0.15, 0.2) is 42.6 Å². The lowest BCUT2D eigenvalue weighted by Gasteiger charge is -2.24. The van der Waals surface area contributed by atoms with Crippen LogP contribution in [0.3, 0.4) is 0 Å². The number of fused-ring (bicyclic) bond motifs is 2. The lowest BCUT2D eigenvalue weighted by atomic mass is 10.0. The topological polar surface area (TPSA) is 93.6 Å². The first kappa shape index (κ1) is 21.5. The number of rotatable bonds is 4. The summed E-state index contributed by atoms with van der Waals surface area (Å²) in [5.74, 6) is -1.40. The van der Waals surface area contributed by atoms with Crippen molar-refractivity contribution in [2.75, 3.05) is 17.6 Å². The van der Waals surface area contributed by atoms with Crippen molar-refractivity contribution in [3.63, 3.8) is 0 Å². The molecule has 1 amide bonds. The summed E-state index contributed by atoms with van der Waals surface area (Å²) in [6.07, 6.45) is 2.48. The fourth-order valence-corrected chi connectivity index (χ4v) is 4.12. The fourth-order valence-electron chi connectivity index (χ4n) is 3.58. The zero-order valence-corrected chi connectivity index (χ0v) is 16.5. The number of halogens is 1. The molecule has 1 aliphatic heterocycles. The lowest BCUT2D eigenvalue weighted by Crippen LogP contribution is -2.26. The van der Waals surface area contributed by atoms with Gasteiger partial charge in [-0.05, 0) is 29.8 Å². The van der Waals surface area contributed by atoms with E-state index in [1.807, 2.05) is 0 Å². The van der Waals surface area contributed by atoms with Crippen LogP contribution in [0, 0.1) is 5.82 Å². The van der Waals surface area contributed by atoms with Crippen molar-refractivity contribution in [1.29, 1.82) is 0 Å². The largest absolute Gasteiger partial charge is 0.870 e. The molecule has 1 aromatic heterocycles. The summed E-state index contributed by atoms with van der Waals surface area (Å²) in [6, 6.07) is 8.94. The third kappa shape index (κ3) is 3.45. The van der Waals surface area contributed by atoms with Crippen LogP contribution in [0.1, 0.15) is 28.9 Å². The maximum absolute atomic E-state index is 13.2. The standard InChI is InChI=1S/C20H18FN3O4S.CH4/c1-23(29(2,27)28)18-14-4-3-9-22-17(14)19(25)16-15(18)11-24(20(16)26)10-12-5-7-13(21)8-6-12;/h3-9,25H,10-11H2,1-2H3;1H4/p-1. The van der Waals surface area contributed by atoms with Gasteiger partial charge in [0.25, 0.3) is 5.91 Å². The Kier molecular flexibility index (Phi) is 5.42. The van der Waals surface area contributed by atoms with Gasteiger partial charge >= 0.3 is 0 Å². The predicted molar refractivity (Wildman–Crippen MR) is 111 cm³/mol. The SMILES string of the molecule is C.CN(c1c2c(c([O-])c3ncccc13)C(=O)N(Cc1ccc(F)cc1)C2)S(C)(=O)=O. The highest BCUT2D eigenvalue weighted by atomic mass is 32.2. The van der Waals surface area contributed by atoms with Crippen LogP contribution in [0.4, 0.5) is 10.1 Å². The highest BCUT2D eigenvalue weighted by molar-refractivity contribution is 7.92. The van der Waals surface area contributed by atoms with Crippen LogP contribution in [-0.2, 0) is 23.1 Å². The molecule has 0 fully saturated rings. The van der Waals surface area contributed by atoms with E-state index >= 15 is 0 Å². The molecule has 9 heteroatoms. The van der Waals surface area contributed by atoms with E-state index in [1.54, 1.807) is 24.3 Å². The molecular weight excluding hydrogens is 409 g/mol. The second-order valence-electron chi connectivity index (χ2n) is 6.95. The Morgan fingerprint density at radius 2 is 1.90 bits per heavy atom. The molecule has 0 N–H and O–H groups in total. The highest BCUT2D eigenvalue weighted by Crippen LogP contribution is 2.43. The van der Waals surface area contributed by atoms with Crippen LogP contribution in [0.5, 0.6) is 5.75 Å². The van der Waals surface area contributed by atoms with E-state index in [-0.39, 0.29) is 43.1 Å². The number of anilines is 1. The van der Waals surface area contributed by atoms with Crippen LogP contribution in [0.25, 0.3) is 10.9 Å². The summed E-state index contributed by atoms with van der Waals surface area (Å²) < 4.78 is 38.7. The van der Waals surface area contributed by atoms with Gasteiger partial charge in [0.05, 0.1) is 17.5 Å². The third-order valence-electron chi connectivity index (χ3n) is 5.04. The Hall–Kier alpha value is -3.20. The van der Waals surface area contributed by atoms with Crippen LogP contribution >= 0.6 is 0 Å². The predicted octanol–water partition coefficient (Wildman–Crippen LogP) is 2.64. The van der Waals surface area contributed by atoms with Crippen molar-refractivity contribution in [2.24, 2.45) is 0 Å². The number of nitrogens with zero attached hydrogens (tertiary/aromatic N) is 3. The van der Waals surface area contributed by atoms with Gasteiger partial charge in [0, 0.05) is 42.8 Å². The number of pyridine rings is 1. The van der Waals surface area contributed by atoms with E-state index in [4.69, 9.17) is 0 Å². The van der Waals surface area contributed by atoms with Gasteiger partial charge in [0.15, 0.2) is 0 Å². The van der Waals surface area contributed by atoms with Crippen molar-refractivity contribution in [3.05, 3.63) is 65.1 Å². The van der Waals surface area contributed by atoms with Crippen LogP contribution < -0.4 is 9.41 Å². The monoisotopic (exact) mass is 430 g/mol. The maximum atomic E-state index is 13.2. The van der Waals surface area contributed by atoms with Crippen molar-refractivity contribution < 1.29 is 22.7 Å². The molecule has 0 saturated heterocycles. The van der Waals surface area contributed by atoms with E-state index in [0.29, 0.717) is 16.5 Å². The molecule has 0 saturated carbocycles. The smallest absolute Gasteiger partial charge is 0.254 e. The van der Waals surface area contributed by atoms with E-state index in [2.05, 4.69) is 4.98 Å². The van der Waals surface area contributed by atoms with Gasteiger partial charge in [-0.3, -0.25) is 14.1 Å². The quantitative estimate of drug-likeness (QED) is 0.634. The molecule has 0 radical (unpaired) electrons. The average Bonchev–Trinajstić information content (AvgIpc) is 2.99. The first-order valence-electron chi connectivity index (χ1n) is 8.76. The summed E-state index contributed by atoms with van der Waals surface area (Å²) in [6.45, 7) is 0.236. The molecule has 158 valence electrons. The Labute approximate surface area is 174 Å². The Morgan fingerprint density at radius 3 is 2.53 bits per heavy atom. The summed E-state index contributed by atoms with van der Waals surface area (Å²) in [4.78, 5) is 18.5. The number of amides is 1. The van der Waals surface area contributed by atoms with Gasteiger partial charge in [0.2, 0.25) is 10.0 Å². The van der Waals surface area contributed by atoms with Gasteiger partial charge in [-0.25, -0.2) is 12.8 Å². The molecule has 7 nitrogen and oxygen atoms in total. The van der Waals surface area contributed by atoms with Gasteiger partial charge in [-0.2, -0.15) is 0 Å². The molecule has 2 heterocycles. The van der Waals surface area contributed by atoms with Crippen molar-refractivity contribution in [3.8, 4) is 5.75 Å². The average molecular weight is 430 g/mol. The van der Waals surface area contributed by atoms with Gasteiger partial charge < -0.3 is 10.0 Å². The minimum Gasteiger partial charge on any atom is -0.870 e. The first-order valence-corrected chi connectivity index (χ1v) is 10.6. The molecule has 0 spiro atoms. The van der Waals surface area contributed by atoms with Crippen LogP contribution in [-0.4, -0.2) is 37.5 Å². The molecule has 1 aliphatic rings. The summed E-state index contributed by atoms with van der Waals surface area (Å²) in [5, 5.41) is 13.3. The minimum atomic E-state index is -3.65. The number of hydrogen-bond acceptors (Lipinski definition) is 5. The summed E-state index contributed by atoms with van der Waals surface area (Å²) >= 11 is 0. The van der Waals surface area contributed by atoms with Gasteiger partial charge in [-0.1, -0.05) is 25.3 Å². The molecule has 0 bridgehead atoms. The lowest BCUT2D eigenvalue weighted by molar-refractivity contribution is -0.266. The van der Waals surface area contributed by atoms with E-state index in [9.17, 15) is 22.7 Å². The summed E-state index contributed by atoms with van der Waals surface area (Å²) in [7, 11) is -2.26. The molecular formula is C21H21FN3O4S-. The highest BCUT2D eigenvalue weighted by Gasteiger charge is 2.34. The fraction of sp³-hybridized carbons (Fsp3) is 0.238. The van der Waals surface area contributed by atoms with E-state index in [1.165, 1.54) is 30.3 Å². The number of carbonyl (C=O) groups is 1. The first-order chi connectivity index (χ1) is 13.7. The summed E-state index contributed by atoms with van der Waals surface area (Å²) in [5.41, 5.74) is 1.31. The van der Waals surface area contributed by atoms with Gasteiger partial charge in [0.1, 0.15) is 5.82 Å². The number of carbonyl (C=O) groups excluding carboxylic acids is 1. The molecule has 30 heavy (non-hydrogen) atoms. The zero-order valence-electron chi connectivity index (χ0n) is 15.7. The molecule has 3 aromatic rings. The second kappa shape index (κ2) is 7.56. The molecule has 0 unspecified atom stereocenters. The normalized spacial score (nSPS) is 13.3. The molecule has 0 aliphatic carbocycles. The maximum Gasteiger partial charge on any atom is 0.254 e. The van der Waals surface area contributed by atoms with Crippen LogP contribution in [0.2, 0.25) is 0 Å². The zero-order chi connectivity index (χ0) is 20.9. The number of aromatic nitrogens is 1. The molecule has 0 atom stereocenters. The van der Waals surface area contributed by atoms with Gasteiger partial charge in [-0.15, -0.1) is 0 Å². The van der Waals surface area contributed by atoms with E-state index in [0.717, 1.165) is 10.6 Å².